The summed E-state index contributed by atoms with van der Waals surface area (Å²) in [6, 6.07) is 8.90. The molecule has 4 heteroatoms. The highest BCUT2D eigenvalue weighted by Gasteiger charge is 2.19. The van der Waals surface area contributed by atoms with Crippen LogP contribution in [0.3, 0.4) is 0 Å². The summed E-state index contributed by atoms with van der Waals surface area (Å²) in [6.07, 6.45) is 8.79. The van der Waals surface area contributed by atoms with Crippen molar-refractivity contribution in [2.24, 2.45) is 5.92 Å². The molecule has 0 spiro atoms. The average molecular weight is 353 g/mol. The molecular formula is C22H32N4. The number of aryl methyl sites for hydroxylation is 1. The topological polar surface area (TPSA) is 35.2 Å². The first-order valence-corrected chi connectivity index (χ1v) is 10.3. The number of hydrogen-bond acceptors (Lipinski definition) is 3. The number of benzene rings is 1. The largest absolute Gasteiger partial charge is 0.345 e. The molecule has 0 atom stereocenters. The number of nitrogens with zero attached hydrogens (tertiary/aromatic N) is 3. The van der Waals surface area contributed by atoms with Crippen molar-refractivity contribution in [3.05, 3.63) is 53.1 Å². The summed E-state index contributed by atoms with van der Waals surface area (Å²) in [7, 11) is 0. The molecule has 26 heavy (non-hydrogen) atoms. The quantitative estimate of drug-likeness (QED) is 0.859. The molecule has 4 nitrogen and oxygen atoms in total. The van der Waals surface area contributed by atoms with Crippen LogP contribution in [0.25, 0.3) is 0 Å². The van der Waals surface area contributed by atoms with Gasteiger partial charge in [-0.3, -0.25) is 9.80 Å². The van der Waals surface area contributed by atoms with E-state index < -0.39 is 0 Å². The summed E-state index contributed by atoms with van der Waals surface area (Å²) in [5.74, 6) is 2.06. The van der Waals surface area contributed by atoms with E-state index in [1.165, 1.54) is 48.3 Å². The molecule has 0 bridgehead atoms. The van der Waals surface area contributed by atoms with Gasteiger partial charge in [-0.2, -0.15) is 0 Å². The summed E-state index contributed by atoms with van der Waals surface area (Å²) in [5.41, 5.74) is 4.07. The maximum atomic E-state index is 4.63. The third-order valence-electron chi connectivity index (χ3n) is 5.99. The molecule has 2 aliphatic rings. The van der Waals surface area contributed by atoms with E-state index in [9.17, 15) is 0 Å². The Balaban J connectivity index is 1.23. The zero-order chi connectivity index (χ0) is 17.8. The molecular weight excluding hydrogens is 320 g/mol. The van der Waals surface area contributed by atoms with Gasteiger partial charge in [-0.05, 0) is 18.4 Å². The summed E-state index contributed by atoms with van der Waals surface area (Å²) < 4.78 is 0. The van der Waals surface area contributed by atoms with E-state index in [0.717, 1.165) is 51.6 Å². The Hall–Kier alpha value is -1.65. The van der Waals surface area contributed by atoms with Gasteiger partial charge in [0, 0.05) is 57.6 Å². The Morgan fingerprint density at radius 3 is 2.50 bits per heavy atom. The van der Waals surface area contributed by atoms with Crippen LogP contribution < -0.4 is 0 Å². The highest BCUT2D eigenvalue weighted by molar-refractivity contribution is 5.22. The lowest BCUT2D eigenvalue weighted by Crippen LogP contribution is -2.45. The van der Waals surface area contributed by atoms with Gasteiger partial charge in [-0.25, -0.2) is 4.98 Å². The summed E-state index contributed by atoms with van der Waals surface area (Å²) in [4.78, 5) is 13.3. The number of imidazole rings is 1. The Labute approximate surface area is 157 Å². The van der Waals surface area contributed by atoms with Crippen molar-refractivity contribution in [3.63, 3.8) is 0 Å². The average Bonchev–Trinajstić information content (AvgIpc) is 3.29. The first-order chi connectivity index (χ1) is 12.7. The van der Waals surface area contributed by atoms with Crippen LogP contribution in [0.5, 0.6) is 0 Å². The van der Waals surface area contributed by atoms with Crippen LogP contribution in [-0.4, -0.2) is 45.9 Å². The second kappa shape index (κ2) is 8.36. The molecule has 2 fully saturated rings. The number of aromatic amines is 1. The Bertz CT molecular complexity index is 694. The van der Waals surface area contributed by atoms with E-state index in [0.29, 0.717) is 0 Å². The number of aromatic nitrogens is 2. The van der Waals surface area contributed by atoms with Crippen molar-refractivity contribution < 1.29 is 0 Å². The molecule has 1 saturated carbocycles. The first-order valence-electron chi connectivity index (χ1n) is 10.3. The van der Waals surface area contributed by atoms with Crippen molar-refractivity contribution in [3.8, 4) is 0 Å². The van der Waals surface area contributed by atoms with Gasteiger partial charge in [0.15, 0.2) is 0 Å². The number of nitrogens with one attached hydrogen (secondary N) is 1. The molecule has 0 amide bonds. The fraction of sp³-hybridized carbons (Fsp3) is 0.591. The van der Waals surface area contributed by atoms with Crippen LogP contribution in [0.2, 0.25) is 0 Å². The Kier molecular flexibility index (Phi) is 5.71. The lowest BCUT2D eigenvalue weighted by Gasteiger charge is -2.34. The van der Waals surface area contributed by atoms with E-state index in [-0.39, 0.29) is 0 Å². The zero-order valence-corrected chi connectivity index (χ0v) is 16.1. The number of H-pyrrole nitrogens is 1. The van der Waals surface area contributed by atoms with Crippen molar-refractivity contribution >= 4 is 0 Å². The second-order valence-corrected chi connectivity index (χ2v) is 8.25. The van der Waals surface area contributed by atoms with E-state index in [1.807, 2.05) is 0 Å². The summed E-state index contributed by atoms with van der Waals surface area (Å²) >= 11 is 0. The molecule has 2 heterocycles. The normalized spacial score (nSPS) is 20.0. The molecule has 140 valence electrons. The van der Waals surface area contributed by atoms with Gasteiger partial charge in [0.1, 0.15) is 5.82 Å². The highest BCUT2D eigenvalue weighted by Crippen LogP contribution is 2.27. The van der Waals surface area contributed by atoms with Crippen LogP contribution >= 0.6 is 0 Å². The lowest BCUT2D eigenvalue weighted by atomic mass is 10.0. The van der Waals surface area contributed by atoms with Gasteiger partial charge < -0.3 is 4.98 Å². The number of rotatable bonds is 6. The van der Waals surface area contributed by atoms with E-state index >= 15 is 0 Å². The fourth-order valence-electron chi connectivity index (χ4n) is 4.49. The van der Waals surface area contributed by atoms with E-state index in [1.54, 1.807) is 0 Å². The van der Waals surface area contributed by atoms with Crippen LogP contribution in [0, 0.1) is 12.8 Å². The SMILES string of the molecule is Cc1cccc(CN2CCN(Cc3cnc(CC4CCCC4)[nH]3)CC2)c1. The van der Waals surface area contributed by atoms with E-state index in [2.05, 4.69) is 57.2 Å². The summed E-state index contributed by atoms with van der Waals surface area (Å²) in [5, 5.41) is 0. The predicted octanol–water partition coefficient (Wildman–Crippen LogP) is 3.77. The van der Waals surface area contributed by atoms with Crippen molar-refractivity contribution in [2.45, 2.75) is 52.1 Å². The zero-order valence-electron chi connectivity index (χ0n) is 16.1. The van der Waals surface area contributed by atoms with Gasteiger partial charge in [0.05, 0.1) is 0 Å². The van der Waals surface area contributed by atoms with Crippen molar-refractivity contribution in [2.75, 3.05) is 26.2 Å². The minimum Gasteiger partial charge on any atom is -0.345 e. The molecule has 1 aliphatic carbocycles. The lowest BCUT2D eigenvalue weighted by molar-refractivity contribution is 0.121. The van der Waals surface area contributed by atoms with Crippen LogP contribution in [0.1, 0.15) is 48.3 Å². The number of hydrogen-bond donors (Lipinski definition) is 1. The van der Waals surface area contributed by atoms with Crippen molar-refractivity contribution in [1.29, 1.82) is 0 Å². The third kappa shape index (κ3) is 4.74. The van der Waals surface area contributed by atoms with Gasteiger partial charge >= 0.3 is 0 Å². The van der Waals surface area contributed by atoms with Crippen LogP contribution in [0.15, 0.2) is 30.5 Å². The standard InChI is InChI=1S/C22H32N4/c1-18-5-4-8-20(13-18)16-25-9-11-26(12-10-25)17-21-15-23-22(24-21)14-19-6-2-3-7-19/h4-5,8,13,15,19H,2-3,6-7,9-12,14,16-17H2,1H3,(H,23,24). The molecule has 1 saturated heterocycles. The minimum atomic E-state index is 0.860. The molecule has 4 rings (SSSR count). The van der Waals surface area contributed by atoms with Gasteiger partial charge in [0.2, 0.25) is 0 Å². The minimum absolute atomic E-state index is 0.860. The maximum absolute atomic E-state index is 4.63. The first kappa shape index (κ1) is 17.7. The molecule has 1 aromatic carbocycles. The molecule has 2 aromatic rings. The molecule has 0 radical (unpaired) electrons. The van der Waals surface area contributed by atoms with Gasteiger partial charge in [-0.1, -0.05) is 55.5 Å². The van der Waals surface area contributed by atoms with Crippen LogP contribution in [-0.2, 0) is 19.5 Å². The predicted molar refractivity (Wildman–Crippen MR) is 106 cm³/mol. The maximum Gasteiger partial charge on any atom is 0.106 e. The monoisotopic (exact) mass is 352 g/mol. The smallest absolute Gasteiger partial charge is 0.106 e. The Morgan fingerprint density at radius 1 is 1.04 bits per heavy atom. The number of piperazine rings is 1. The molecule has 1 aliphatic heterocycles. The fourth-order valence-corrected chi connectivity index (χ4v) is 4.49. The molecule has 0 unspecified atom stereocenters. The highest BCUT2D eigenvalue weighted by atomic mass is 15.3. The Morgan fingerprint density at radius 2 is 1.77 bits per heavy atom. The summed E-state index contributed by atoms with van der Waals surface area (Å²) in [6.45, 7) is 8.84. The second-order valence-electron chi connectivity index (χ2n) is 8.25. The van der Waals surface area contributed by atoms with Gasteiger partial charge in [0.25, 0.3) is 0 Å². The van der Waals surface area contributed by atoms with E-state index in [4.69, 9.17) is 0 Å². The van der Waals surface area contributed by atoms with Gasteiger partial charge in [-0.15, -0.1) is 0 Å². The van der Waals surface area contributed by atoms with Crippen molar-refractivity contribution in [1.82, 2.24) is 19.8 Å². The third-order valence-corrected chi connectivity index (χ3v) is 5.99. The molecule has 1 N–H and O–H groups in total. The van der Waals surface area contributed by atoms with Crippen LogP contribution in [0.4, 0.5) is 0 Å². The molecule has 1 aromatic heterocycles.